The number of rotatable bonds is 8. The molecule has 0 aromatic heterocycles. The number of amides is 2. The molecule has 2 aromatic carbocycles. The lowest BCUT2D eigenvalue weighted by Gasteiger charge is -2.15. The smallest absolute Gasteiger partial charge is 0.257 e. The second-order valence-corrected chi connectivity index (χ2v) is 7.65. The number of carbonyl (C=O) groups excluding carboxylic acids is 2. The van der Waals surface area contributed by atoms with Gasteiger partial charge in [0.1, 0.15) is 0 Å². The number of carbonyl (C=O) groups is 2. The molecule has 0 bridgehead atoms. The lowest BCUT2D eigenvalue weighted by atomic mass is 10.1. The fourth-order valence-corrected chi connectivity index (χ4v) is 3.58. The van der Waals surface area contributed by atoms with Crippen LogP contribution in [0.25, 0.3) is 0 Å². The molecule has 1 atom stereocenters. The van der Waals surface area contributed by atoms with Gasteiger partial charge in [-0.3, -0.25) is 14.9 Å². The number of anilines is 1. The maximum Gasteiger partial charge on any atom is 0.257 e. The van der Waals surface area contributed by atoms with Gasteiger partial charge in [0.05, 0.1) is 27.4 Å². The maximum atomic E-state index is 12.7. The van der Waals surface area contributed by atoms with Gasteiger partial charge in [-0.25, -0.2) is 0 Å². The molecule has 0 aliphatic carbocycles. The lowest BCUT2D eigenvalue weighted by Crippen LogP contribution is -2.34. The normalized spacial score (nSPS) is 14.8. The SMILES string of the molecule is COc1cc(C(=O)NC(=S)Nc2ccc(C(=O)NCC3CCCO3)cc2)cc(OC)c1OC. The minimum atomic E-state index is -0.447. The Hall–Kier alpha value is -3.37. The Balaban J connectivity index is 1.57. The van der Waals surface area contributed by atoms with Crippen LogP contribution in [0.15, 0.2) is 36.4 Å². The zero-order valence-corrected chi connectivity index (χ0v) is 19.5. The first kappa shape index (κ1) is 24.3. The third-order valence-corrected chi connectivity index (χ3v) is 5.28. The van der Waals surface area contributed by atoms with Crippen molar-refractivity contribution >= 4 is 34.8 Å². The Kier molecular flexibility index (Phi) is 8.45. The van der Waals surface area contributed by atoms with Crippen molar-refractivity contribution in [1.29, 1.82) is 0 Å². The van der Waals surface area contributed by atoms with Gasteiger partial charge >= 0.3 is 0 Å². The molecule has 3 N–H and O–H groups in total. The average Bonchev–Trinajstić information content (AvgIpc) is 3.35. The van der Waals surface area contributed by atoms with Gasteiger partial charge in [0.2, 0.25) is 5.75 Å². The summed E-state index contributed by atoms with van der Waals surface area (Å²) in [6.07, 6.45) is 2.07. The molecule has 1 heterocycles. The lowest BCUT2D eigenvalue weighted by molar-refractivity contribution is 0.0857. The quantitative estimate of drug-likeness (QED) is 0.503. The molecule has 2 amide bonds. The third-order valence-electron chi connectivity index (χ3n) is 5.07. The molecule has 10 heteroatoms. The van der Waals surface area contributed by atoms with Crippen LogP contribution in [0.4, 0.5) is 5.69 Å². The van der Waals surface area contributed by atoms with Gasteiger partial charge < -0.3 is 29.6 Å². The summed E-state index contributed by atoms with van der Waals surface area (Å²) >= 11 is 5.25. The van der Waals surface area contributed by atoms with E-state index in [1.165, 1.54) is 33.5 Å². The monoisotopic (exact) mass is 473 g/mol. The van der Waals surface area contributed by atoms with Crippen molar-refractivity contribution in [2.45, 2.75) is 18.9 Å². The molecule has 9 nitrogen and oxygen atoms in total. The van der Waals surface area contributed by atoms with Gasteiger partial charge in [0.25, 0.3) is 11.8 Å². The Morgan fingerprint density at radius 1 is 1.00 bits per heavy atom. The van der Waals surface area contributed by atoms with Crippen molar-refractivity contribution in [3.63, 3.8) is 0 Å². The Morgan fingerprint density at radius 2 is 1.67 bits per heavy atom. The van der Waals surface area contributed by atoms with E-state index in [-0.39, 0.29) is 22.7 Å². The molecule has 1 fully saturated rings. The van der Waals surface area contributed by atoms with Crippen molar-refractivity contribution < 1.29 is 28.5 Å². The number of benzene rings is 2. The van der Waals surface area contributed by atoms with Crippen molar-refractivity contribution in [2.75, 3.05) is 39.8 Å². The zero-order chi connectivity index (χ0) is 23.8. The summed E-state index contributed by atoms with van der Waals surface area (Å²) in [7, 11) is 4.42. The summed E-state index contributed by atoms with van der Waals surface area (Å²) in [6, 6.07) is 9.83. The molecule has 1 saturated heterocycles. The number of hydrogen-bond acceptors (Lipinski definition) is 7. The molecule has 176 valence electrons. The van der Waals surface area contributed by atoms with Crippen LogP contribution in [0.5, 0.6) is 17.2 Å². The molecule has 1 aliphatic rings. The standard InChI is InChI=1S/C23H27N3O6S/c1-29-18-11-15(12-19(30-2)20(18)31-3)22(28)26-23(33)25-16-8-6-14(7-9-16)21(27)24-13-17-5-4-10-32-17/h6-9,11-12,17H,4-5,10,13H2,1-3H3,(H,24,27)(H2,25,26,28,33). The summed E-state index contributed by atoms with van der Waals surface area (Å²) in [5.74, 6) is 0.479. The zero-order valence-electron chi connectivity index (χ0n) is 18.7. The van der Waals surface area contributed by atoms with Crippen LogP contribution >= 0.6 is 12.2 Å². The fourth-order valence-electron chi connectivity index (χ4n) is 3.37. The molecule has 0 spiro atoms. The van der Waals surface area contributed by atoms with E-state index >= 15 is 0 Å². The van der Waals surface area contributed by atoms with Crippen LogP contribution in [0.2, 0.25) is 0 Å². The molecule has 2 aromatic rings. The first-order valence-electron chi connectivity index (χ1n) is 10.4. The summed E-state index contributed by atoms with van der Waals surface area (Å²) in [5.41, 5.74) is 1.43. The van der Waals surface area contributed by atoms with Crippen LogP contribution < -0.4 is 30.2 Å². The van der Waals surface area contributed by atoms with Crippen molar-refractivity contribution in [3.05, 3.63) is 47.5 Å². The minimum absolute atomic E-state index is 0.0847. The maximum absolute atomic E-state index is 12.7. The van der Waals surface area contributed by atoms with Crippen molar-refractivity contribution in [3.8, 4) is 17.2 Å². The molecule has 0 saturated carbocycles. The molecular formula is C23H27N3O6S. The Morgan fingerprint density at radius 3 is 2.21 bits per heavy atom. The van der Waals surface area contributed by atoms with Crippen molar-refractivity contribution in [2.24, 2.45) is 0 Å². The third kappa shape index (κ3) is 6.33. The number of thiocarbonyl (C=S) groups is 1. The highest BCUT2D eigenvalue weighted by molar-refractivity contribution is 7.80. The van der Waals surface area contributed by atoms with E-state index in [9.17, 15) is 9.59 Å². The van der Waals surface area contributed by atoms with Crippen LogP contribution in [-0.4, -0.2) is 57.5 Å². The topological polar surface area (TPSA) is 107 Å². The van der Waals surface area contributed by atoms with Gasteiger partial charge in [-0.1, -0.05) is 0 Å². The van der Waals surface area contributed by atoms with Gasteiger partial charge in [-0.05, 0) is 61.5 Å². The number of ether oxygens (including phenoxy) is 4. The van der Waals surface area contributed by atoms with E-state index in [1.807, 2.05) is 0 Å². The fraction of sp³-hybridized carbons (Fsp3) is 0.348. The molecule has 3 rings (SSSR count). The predicted octanol–water partition coefficient (Wildman–Crippen LogP) is 2.75. The molecule has 0 radical (unpaired) electrons. The number of nitrogens with one attached hydrogen (secondary N) is 3. The average molecular weight is 474 g/mol. The molecule has 1 unspecified atom stereocenters. The Bertz CT molecular complexity index is 981. The predicted molar refractivity (Wildman–Crippen MR) is 128 cm³/mol. The number of hydrogen-bond donors (Lipinski definition) is 3. The highest BCUT2D eigenvalue weighted by atomic mass is 32.1. The summed E-state index contributed by atoms with van der Waals surface area (Å²) in [5, 5.41) is 8.51. The highest BCUT2D eigenvalue weighted by Gasteiger charge is 2.18. The van der Waals surface area contributed by atoms with E-state index in [0.717, 1.165) is 19.4 Å². The molecule has 1 aliphatic heterocycles. The number of methoxy groups -OCH3 is 3. The van der Waals surface area contributed by atoms with Crippen LogP contribution in [-0.2, 0) is 4.74 Å². The molecule has 33 heavy (non-hydrogen) atoms. The van der Waals surface area contributed by atoms with E-state index < -0.39 is 5.91 Å². The van der Waals surface area contributed by atoms with Crippen LogP contribution in [0.1, 0.15) is 33.6 Å². The van der Waals surface area contributed by atoms with Gasteiger partial charge in [0.15, 0.2) is 16.6 Å². The second kappa shape index (κ2) is 11.5. The summed E-state index contributed by atoms with van der Waals surface area (Å²) < 4.78 is 21.3. The van der Waals surface area contributed by atoms with Crippen LogP contribution in [0, 0.1) is 0 Å². The van der Waals surface area contributed by atoms with E-state index in [2.05, 4.69) is 16.0 Å². The second-order valence-electron chi connectivity index (χ2n) is 7.24. The largest absolute Gasteiger partial charge is 0.493 e. The summed E-state index contributed by atoms with van der Waals surface area (Å²) in [4.78, 5) is 24.9. The van der Waals surface area contributed by atoms with Gasteiger partial charge in [-0.2, -0.15) is 0 Å². The van der Waals surface area contributed by atoms with Crippen LogP contribution in [0.3, 0.4) is 0 Å². The minimum Gasteiger partial charge on any atom is -0.493 e. The van der Waals surface area contributed by atoms with E-state index in [4.69, 9.17) is 31.2 Å². The van der Waals surface area contributed by atoms with Gasteiger partial charge in [-0.15, -0.1) is 0 Å². The van der Waals surface area contributed by atoms with Gasteiger partial charge in [0, 0.05) is 30.0 Å². The van der Waals surface area contributed by atoms with E-state index in [1.54, 1.807) is 24.3 Å². The first-order chi connectivity index (χ1) is 15.9. The van der Waals surface area contributed by atoms with E-state index in [0.29, 0.717) is 35.0 Å². The first-order valence-corrected chi connectivity index (χ1v) is 10.8. The molecular weight excluding hydrogens is 446 g/mol. The van der Waals surface area contributed by atoms with Crippen molar-refractivity contribution in [1.82, 2.24) is 10.6 Å². The Labute approximate surface area is 197 Å². The highest BCUT2D eigenvalue weighted by Crippen LogP contribution is 2.38. The summed E-state index contributed by atoms with van der Waals surface area (Å²) in [6.45, 7) is 1.24.